The largest absolute Gasteiger partial charge is 0.298 e. The highest BCUT2D eigenvalue weighted by atomic mass is 15.3. The van der Waals surface area contributed by atoms with Crippen LogP contribution in [0.15, 0.2) is 36.9 Å². The SMILES string of the molecule is Cc1cnn(C[C@@H]2CCCN2CCc2ccncc2)c1. The second kappa shape index (κ2) is 6.18. The molecule has 2 aromatic rings. The van der Waals surface area contributed by atoms with Gasteiger partial charge in [-0.3, -0.25) is 14.6 Å². The molecule has 0 bridgehead atoms. The number of rotatable bonds is 5. The number of nitrogens with zero attached hydrogens (tertiary/aromatic N) is 4. The van der Waals surface area contributed by atoms with Crippen molar-refractivity contribution in [3.63, 3.8) is 0 Å². The van der Waals surface area contributed by atoms with Crippen LogP contribution in [0.25, 0.3) is 0 Å². The van der Waals surface area contributed by atoms with Crippen molar-refractivity contribution in [2.45, 2.75) is 38.8 Å². The predicted octanol–water partition coefficient (Wildman–Crippen LogP) is 2.29. The number of aromatic nitrogens is 3. The number of pyridine rings is 1. The molecule has 3 rings (SSSR count). The summed E-state index contributed by atoms with van der Waals surface area (Å²) in [7, 11) is 0. The van der Waals surface area contributed by atoms with Gasteiger partial charge in [-0.25, -0.2) is 0 Å². The number of likely N-dealkylation sites (tertiary alicyclic amines) is 1. The second-order valence-corrected chi connectivity index (χ2v) is 5.68. The molecule has 4 heteroatoms. The van der Waals surface area contributed by atoms with Gasteiger partial charge in [-0.05, 0) is 56.0 Å². The Morgan fingerprint density at radius 1 is 1.30 bits per heavy atom. The Labute approximate surface area is 120 Å². The fourth-order valence-electron chi connectivity index (χ4n) is 3.00. The van der Waals surface area contributed by atoms with E-state index in [-0.39, 0.29) is 0 Å². The molecule has 1 atom stereocenters. The molecule has 0 spiro atoms. The Hall–Kier alpha value is -1.68. The minimum atomic E-state index is 0.635. The van der Waals surface area contributed by atoms with Crippen LogP contribution in [-0.4, -0.2) is 38.8 Å². The molecule has 0 aliphatic carbocycles. The molecule has 2 aromatic heterocycles. The lowest BCUT2D eigenvalue weighted by molar-refractivity contribution is 0.229. The number of hydrogen-bond donors (Lipinski definition) is 0. The van der Waals surface area contributed by atoms with E-state index in [4.69, 9.17) is 0 Å². The van der Waals surface area contributed by atoms with Gasteiger partial charge in [0.15, 0.2) is 0 Å². The summed E-state index contributed by atoms with van der Waals surface area (Å²) in [5, 5.41) is 4.41. The van der Waals surface area contributed by atoms with Crippen molar-refractivity contribution in [2.24, 2.45) is 0 Å². The van der Waals surface area contributed by atoms with Crippen LogP contribution in [0.4, 0.5) is 0 Å². The van der Waals surface area contributed by atoms with Gasteiger partial charge in [0.2, 0.25) is 0 Å². The third-order valence-corrected chi connectivity index (χ3v) is 4.10. The highest BCUT2D eigenvalue weighted by Gasteiger charge is 2.24. The Kier molecular flexibility index (Phi) is 4.11. The zero-order chi connectivity index (χ0) is 13.8. The summed E-state index contributed by atoms with van der Waals surface area (Å²) < 4.78 is 2.09. The van der Waals surface area contributed by atoms with Crippen LogP contribution in [-0.2, 0) is 13.0 Å². The van der Waals surface area contributed by atoms with Crippen LogP contribution in [0.1, 0.15) is 24.0 Å². The molecule has 1 saturated heterocycles. The zero-order valence-corrected chi connectivity index (χ0v) is 12.1. The van der Waals surface area contributed by atoms with Crippen LogP contribution in [0.2, 0.25) is 0 Å². The molecular formula is C16H22N4. The first-order valence-corrected chi connectivity index (χ1v) is 7.43. The molecule has 0 amide bonds. The highest BCUT2D eigenvalue weighted by molar-refractivity contribution is 5.10. The molecule has 0 radical (unpaired) electrons. The van der Waals surface area contributed by atoms with E-state index in [1.807, 2.05) is 18.6 Å². The van der Waals surface area contributed by atoms with Gasteiger partial charge in [0, 0.05) is 31.2 Å². The van der Waals surface area contributed by atoms with Crippen molar-refractivity contribution in [2.75, 3.05) is 13.1 Å². The van der Waals surface area contributed by atoms with Crippen LogP contribution in [0.5, 0.6) is 0 Å². The monoisotopic (exact) mass is 270 g/mol. The van der Waals surface area contributed by atoms with Gasteiger partial charge in [-0.1, -0.05) is 0 Å². The van der Waals surface area contributed by atoms with Crippen molar-refractivity contribution in [1.82, 2.24) is 19.7 Å². The summed E-state index contributed by atoms with van der Waals surface area (Å²) in [4.78, 5) is 6.68. The lowest BCUT2D eigenvalue weighted by Crippen LogP contribution is -2.34. The molecule has 4 nitrogen and oxygen atoms in total. The Morgan fingerprint density at radius 2 is 2.15 bits per heavy atom. The fraction of sp³-hybridized carbons (Fsp3) is 0.500. The first kappa shape index (κ1) is 13.3. The lowest BCUT2D eigenvalue weighted by Gasteiger charge is -2.24. The maximum absolute atomic E-state index is 4.41. The Bertz CT molecular complexity index is 534. The lowest BCUT2D eigenvalue weighted by atomic mass is 10.1. The van der Waals surface area contributed by atoms with Crippen LogP contribution >= 0.6 is 0 Å². The number of aryl methyl sites for hydroxylation is 1. The Balaban J connectivity index is 1.55. The quantitative estimate of drug-likeness (QED) is 0.836. The average Bonchev–Trinajstić information content (AvgIpc) is 3.07. The molecule has 1 aliphatic rings. The van der Waals surface area contributed by atoms with E-state index in [0.29, 0.717) is 6.04 Å². The molecule has 0 unspecified atom stereocenters. The topological polar surface area (TPSA) is 34.0 Å². The van der Waals surface area contributed by atoms with Crippen molar-refractivity contribution in [3.05, 3.63) is 48.0 Å². The van der Waals surface area contributed by atoms with E-state index in [9.17, 15) is 0 Å². The van der Waals surface area contributed by atoms with Crippen molar-refractivity contribution >= 4 is 0 Å². The van der Waals surface area contributed by atoms with E-state index < -0.39 is 0 Å². The highest BCUT2D eigenvalue weighted by Crippen LogP contribution is 2.19. The summed E-state index contributed by atoms with van der Waals surface area (Å²) in [5.74, 6) is 0. The molecule has 0 saturated carbocycles. The molecule has 1 aliphatic heterocycles. The first-order chi connectivity index (χ1) is 9.81. The van der Waals surface area contributed by atoms with Gasteiger partial charge in [0.1, 0.15) is 0 Å². The standard InChI is InChI=1S/C16H22N4/c1-14-11-18-20(12-14)13-16-3-2-9-19(16)10-6-15-4-7-17-8-5-15/h4-5,7-8,11-12,16H,2-3,6,9-10,13H2,1H3/t16-/m0/s1. The van der Waals surface area contributed by atoms with Crippen molar-refractivity contribution in [3.8, 4) is 0 Å². The predicted molar refractivity (Wildman–Crippen MR) is 79.5 cm³/mol. The van der Waals surface area contributed by atoms with Gasteiger partial charge in [-0.15, -0.1) is 0 Å². The third kappa shape index (κ3) is 3.25. The molecule has 3 heterocycles. The molecule has 20 heavy (non-hydrogen) atoms. The second-order valence-electron chi connectivity index (χ2n) is 5.68. The summed E-state index contributed by atoms with van der Waals surface area (Å²) in [6, 6.07) is 4.86. The first-order valence-electron chi connectivity index (χ1n) is 7.43. The van der Waals surface area contributed by atoms with E-state index in [0.717, 1.165) is 19.5 Å². The Morgan fingerprint density at radius 3 is 2.90 bits per heavy atom. The zero-order valence-electron chi connectivity index (χ0n) is 12.1. The summed E-state index contributed by atoms with van der Waals surface area (Å²) in [6.07, 6.45) is 11.5. The number of hydrogen-bond acceptors (Lipinski definition) is 3. The van der Waals surface area contributed by atoms with Gasteiger partial charge >= 0.3 is 0 Å². The van der Waals surface area contributed by atoms with E-state index in [2.05, 4.69) is 44.9 Å². The minimum Gasteiger partial charge on any atom is -0.298 e. The fourth-order valence-corrected chi connectivity index (χ4v) is 3.00. The van der Waals surface area contributed by atoms with Gasteiger partial charge in [-0.2, -0.15) is 5.10 Å². The molecule has 0 aromatic carbocycles. The van der Waals surface area contributed by atoms with Crippen LogP contribution in [0, 0.1) is 6.92 Å². The van der Waals surface area contributed by atoms with Crippen molar-refractivity contribution < 1.29 is 0 Å². The van der Waals surface area contributed by atoms with E-state index >= 15 is 0 Å². The smallest absolute Gasteiger partial charge is 0.0565 e. The molecule has 1 fully saturated rings. The normalized spacial score (nSPS) is 19.6. The summed E-state index contributed by atoms with van der Waals surface area (Å²) >= 11 is 0. The van der Waals surface area contributed by atoms with Gasteiger partial charge in [0.05, 0.1) is 12.7 Å². The van der Waals surface area contributed by atoms with E-state index in [1.165, 1.54) is 30.5 Å². The van der Waals surface area contributed by atoms with Gasteiger partial charge in [0.25, 0.3) is 0 Å². The summed E-state index contributed by atoms with van der Waals surface area (Å²) in [5.41, 5.74) is 2.62. The van der Waals surface area contributed by atoms with Crippen LogP contribution < -0.4 is 0 Å². The molecule has 0 N–H and O–H groups in total. The van der Waals surface area contributed by atoms with E-state index in [1.54, 1.807) is 0 Å². The molecule has 106 valence electrons. The maximum atomic E-state index is 4.41. The third-order valence-electron chi connectivity index (χ3n) is 4.10. The summed E-state index contributed by atoms with van der Waals surface area (Å²) in [6.45, 7) is 5.47. The van der Waals surface area contributed by atoms with Gasteiger partial charge < -0.3 is 0 Å². The maximum Gasteiger partial charge on any atom is 0.0565 e. The van der Waals surface area contributed by atoms with Crippen molar-refractivity contribution in [1.29, 1.82) is 0 Å². The average molecular weight is 270 g/mol. The van der Waals surface area contributed by atoms with Crippen LogP contribution in [0.3, 0.4) is 0 Å². The minimum absolute atomic E-state index is 0.635. The molecular weight excluding hydrogens is 248 g/mol.